The molecule has 4 rings (SSSR count). The molecule has 0 aliphatic heterocycles. The number of hydrogen-bond acceptors (Lipinski definition) is 4. The Bertz CT molecular complexity index is 1170. The highest BCUT2D eigenvalue weighted by Crippen LogP contribution is 2.33. The van der Waals surface area contributed by atoms with Crippen molar-refractivity contribution in [3.05, 3.63) is 83.9 Å². The van der Waals surface area contributed by atoms with Gasteiger partial charge in [-0.1, -0.05) is 41.9 Å². The minimum atomic E-state index is -0.384. The number of fused-ring (bicyclic) bond motifs is 1. The Labute approximate surface area is 180 Å². The molecule has 1 heterocycles. The number of halogens is 1. The number of hydrogen-bond donors (Lipinski definition) is 0. The second-order valence-electron chi connectivity index (χ2n) is 6.70. The van der Waals surface area contributed by atoms with Crippen LogP contribution in [0.3, 0.4) is 0 Å². The van der Waals surface area contributed by atoms with Gasteiger partial charge in [0.25, 0.3) is 0 Å². The molecule has 0 amide bonds. The molecule has 0 saturated heterocycles. The highest BCUT2D eigenvalue weighted by Gasteiger charge is 2.10. The van der Waals surface area contributed by atoms with Gasteiger partial charge in [0.15, 0.2) is 6.61 Å². The molecule has 0 aliphatic rings. The summed E-state index contributed by atoms with van der Waals surface area (Å²) < 4.78 is 10.4. The quantitative estimate of drug-likeness (QED) is 0.352. The van der Waals surface area contributed by atoms with E-state index in [4.69, 9.17) is 26.1 Å². The van der Waals surface area contributed by atoms with Gasteiger partial charge >= 0.3 is 5.97 Å². The summed E-state index contributed by atoms with van der Waals surface area (Å²) in [5.74, 6) is 0.218. The van der Waals surface area contributed by atoms with E-state index in [1.165, 1.54) is 0 Å². The highest BCUT2D eigenvalue weighted by molar-refractivity contribution is 6.30. The van der Waals surface area contributed by atoms with Crippen LogP contribution in [0.25, 0.3) is 33.3 Å². The number of nitrogens with zero attached hydrogens (tertiary/aromatic N) is 1. The monoisotopic (exact) mass is 417 g/mol. The molecule has 1 aromatic heterocycles. The highest BCUT2D eigenvalue weighted by atomic mass is 35.5. The van der Waals surface area contributed by atoms with Crippen LogP contribution in [0.5, 0.6) is 5.75 Å². The molecule has 0 spiro atoms. The lowest BCUT2D eigenvalue weighted by Crippen LogP contribution is -2.14. The summed E-state index contributed by atoms with van der Waals surface area (Å²) in [6.45, 7) is 1.99. The lowest BCUT2D eigenvalue weighted by atomic mass is 9.98. The Hall–Kier alpha value is -3.37. The topological polar surface area (TPSA) is 48.4 Å². The van der Waals surface area contributed by atoms with E-state index in [1.807, 2.05) is 66.7 Å². The molecule has 0 bridgehead atoms. The molecule has 0 N–H and O–H groups in total. The van der Waals surface area contributed by atoms with Gasteiger partial charge in [0.1, 0.15) is 5.75 Å². The normalized spacial score (nSPS) is 10.7. The molecule has 0 aliphatic carbocycles. The molecule has 3 aromatic carbocycles. The van der Waals surface area contributed by atoms with E-state index < -0.39 is 0 Å². The van der Waals surface area contributed by atoms with Crippen LogP contribution < -0.4 is 4.74 Å². The number of esters is 1. The van der Waals surface area contributed by atoms with Crippen molar-refractivity contribution in [3.63, 3.8) is 0 Å². The van der Waals surface area contributed by atoms with Crippen LogP contribution in [0.1, 0.15) is 6.92 Å². The zero-order valence-electron chi connectivity index (χ0n) is 16.5. The second-order valence-corrected chi connectivity index (χ2v) is 7.13. The van der Waals surface area contributed by atoms with Gasteiger partial charge in [-0.3, -0.25) is 0 Å². The number of rotatable bonds is 6. The Morgan fingerprint density at radius 3 is 2.37 bits per heavy atom. The zero-order chi connectivity index (χ0) is 20.9. The smallest absolute Gasteiger partial charge is 0.344 e. The number of para-hydroxylation sites is 1. The van der Waals surface area contributed by atoms with Crippen molar-refractivity contribution in [1.29, 1.82) is 0 Å². The van der Waals surface area contributed by atoms with Crippen molar-refractivity contribution < 1.29 is 14.3 Å². The summed E-state index contributed by atoms with van der Waals surface area (Å²) in [5, 5.41) is 1.79. The summed E-state index contributed by atoms with van der Waals surface area (Å²) in [6, 6.07) is 25.5. The van der Waals surface area contributed by atoms with E-state index >= 15 is 0 Å². The fourth-order valence-corrected chi connectivity index (χ4v) is 3.38. The standard InChI is InChI=1S/C25H20ClNO3/c1-2-29-25(28)16-30-20-13-9-18(10-14-20)24-15-22(17-7-11-19(26)12-8-17)21-5-3-4-6-23(21)27-24/h3-15H,2,16H2,1H3. The molecule has 4 aromatic rings. The second kappa shape index (κ2) is 8.97. The van der Waals surface area contributed by atoms with Gasteiger partial charge in [-0.25, -0.2) is 9.78 Å². The molecule has 30 heavy (non-hydrogen) atoms. The minimum absolute atomic E-state index is 0.109. The van der Waals surface area contributed by atoms with Crippen molar-refractivity contribution >= 4 is 28.5 Å². The van der Waals surface area contributed by atoms with Gasteiger partial charge in [0.2, 0.25) is 0 Å². The summed E-state index contributed by atoms with van der Waals surface area (Å²) in [4.78, 5) is 16.3. The number of carbonyl (C=O) groups excluding carboxylic acids is 1. The number of aromatic nitrogens is 1. The van der Waals surface area contributed by atoms with Crippen molar-refractivity contribution in [2.75, 3.05) is 13.2 Å². The maximum absolute atomic E-state index is 11.5. The molecule has 0 radical (unpaired) electrons. The van der Waals surface area contributed by atoms with Crippen LogP contribution in [0, 0.1) is 0 Å². The van der Waals surface area contributed by atoms with Gasteiger partial charge in [-0.2, -0.15) is 0 Å². The number of carbonyl (C=O) groups is 1. The third-order valence-electron chi connectivity index (χ3n) is 4.68. The maximum Gasteiger partial charge on any atom is 0.344 e. The van der Waals surface area contributed by atoms with E-state index in [1.54, 1.807) is 6.92 Å². The molecule has 5 heteroatoms. The maximum atomic E-state index is 11.5. The zero-order valence-corrected chi connectivity index (χ0v) is 17.2. The lowest BCUT2D eigenvalue weighted by molar-refractivity contribution is -0.145. The SMILES string of the molecule is CCOC(=O)COc1ccc(-c2cc(-c3ccc(Cl)cc3)c3ccccc3n2)cc1. The van der Waals surface area contributed by atoms with Crippen molar-refractivity contribution in [2.24, 2.45) is 0 Å². The van der Waals surface area contributed by atoms with Crippen LogP contribution in [0.2, 0.25) is 5.02 Å². The molecular weight excluding hydrogens is 398 g/mol. The average Bonchev–Trinajstić information content (AvgIpc) is 2.78. The van der Waals surface area contributed by atoms with Crippen molar-refractivity contribution in [1.82, 2.24) is 4.98 Å². The van der Waals surface area contributed by atoms with Crippen LogP contribution in [-0.2, 0) is 9.53 Å². The minimum Gasteiger partial charge on any atom is -0.482 e. The fourth-order valence-electron chi connectivity index (χ4n) is 3.26. The van der Waals surface area contributed by atoms with Crippen LogP contribution in [0.4, 0.5) is 0 Å². The Morgan fingerprint density at radius 1 is 0.933 bits per heavy atom. The van der Waals surface area contributed by atoms with Gasteiger partial charge in [-0.15, -0.1) is 0 Å². The fraction of sp³-hybridized carbons (Fsp3) is 0.120. The van der Waals surface area contributed by atoms with E-state index in [2.05, 4.69) is 12.1 Å². The summed E-state index contributed by atoms with van der Waals surface area (Å²) in [5.41, 5.74) is 4.90. The first-order valence-electron chi connectivity index (χ1n) is 9.68. The molecule has 0 unspecified atom stereocenters. The number of ether oxygens (including phenoxy) is 2. The first-order chi connectivity index (χ1) is 14.6. The largest absolute Gasteiger partial charge is 0.482 e. The summed E-state index contributed by atoms with van der Waals surface area (Å²) >= 11 is 6.07. The molecular formula is C25H20ClNO3. The first-order valence-corrected chi connectivity index (χ1v) is 10.1. The van der Waals surface area contributed by atoms with E-state index in [0.29, 0.717) is 17.4 Å². The Balaban J connectivity index is 1.67. The van der Waals surface area contributed by atoms with Gasteiger partial charge < -0.3 is 9.47 Å². The third kappa shape index (κ3) is 4.44. The van der Waals surface area contributed by atoms with Gasteiger partial charge in [0, 0.05) is 16.0 Å². The Kier molecular flexibility index (Phi) is 5.96. The first kappa shape index (κ1) is 19.9. The van der Waals surface area contributed by atoms with E-state index in [9.17, 15) is 4.79 Å². The lowest BCUT2D eigenvalue weighted by Gasteiger charge is -2.11. The molecule has 150 valence electrons. The average molecular weight is 418 g/mol. The molecule has 0 saturated carbocycles. The predicted molar refractivity (Wildman–Crippen MR) is 120 cm³/mol. The summed E-state index contributed by atoms with van der Waals surface area (Å²) in [7, 11) is 0. The Morgan fingerprint density at radius 2 is 1.63 bits per heavy atom. The van der Waals surface area contributed by atoms with E-state index in [-0.39, 0.29) is 12.6 Å². The number of benzene rings is 3. The van der Waals surface area contributed by atoms with Crippen molar-refractivity contribution in [3.8, 4) is 28.1 Å². The van der Waals surface area contributed by atoms with Crippen LogP contribution in [0.15, 0.2) is 78.9 Å². The summed E-state index contributed by atoms with van der Waals surface area (Å²) in [6.07, 6.45) is 0. The molecule has 0 atom stereocenters. The van der Waals surface area contributed by atoms with Gasteiger partial charge in [-0.05, 0) is 66.6 Å². The predicted octanol–water partition coefficient (Wildman–Crippen LogP) is 6.16. The third-order valence-corrected chi connectivity index (χ3v) is 4.94. The molecule has 4 nitrogen and oxygen atoms in total. The van der Waals surface area contributed by atoms with Crippen molar-refractivity contribution in [2.45, 2.75) is 6.92 Å². The van der Waals surface area contributed by atoms with Crippen LogP contribution in [-0.4, -0.2) is 24.2 Å². The molecule has 0 fully saturated rings. The van der Waals surface area contributed by atoms with Crippen LogP contribution >= 0.6 is 11.6 Å². The van der Waals surface area contributed by atoms with E-state index in [0.717, 1.165) is 33.3 Å². The van der Waals surface area contributed by atoms with Gasteiger partial charge in [0.05, 0.1) is 17.8 Å². The number of pyridine rings is 1.